The van der Waals surface area contributed by atoms with E-state index in [9.17, 15) is 18.0 Å². The first kappa shape index (κ1) is 17.8. The van der Waals surface area contributed by atoms with Gasteiger partial charge < -0.3 is 15.7 Å². The van der Waals surface area contributed by atoms with Crippen molar-refractivity contribution in [2.45, 2.75) is 18.9 Å². The molecule has 7 heteroatoms. The van der Waals surface area contributed by atoms with E-state index in [0.29, 0.717) is 25.0 Å². The number of halogens is 3. The number of rotatable bonds is 6. The van der Waals surface area contributed by atoms with Crippen LogP contribution in [0.4, 0.5) is 23.7 Å². The van der Waals surface area contributed by atoms with Crippen LogP contribution >= 0.6 is 0 Å². The highest BCUT2D eigenvalue weighted by atomic mass is 19.2. The number of aliphatic hydroxyl groups excluding tert-OH is 1. The van der Waals surface area contributed by atoms with Crippen LogP contribution in [0.3, 0.4) is 0 Å². The Kier molecular flexibility index (Phi) is 6.20. The monoisotopic (exact) mass is 338 g/mol. The van der Waals surface area contributed by atoms with E-state index >= 15 is 0 Å². The molecule has 0 saturated carbocycles. The number of carbonyl (C=O) groups is 1. The van der Waals surface area contributed by atoms with Crippen molar-refractivity contribution >= 4 is 11.7 Å². The molecule has 1 unspecified atom stereocenters. The quantitative estimate of drug-likeness (QED) is 0.703. The molecule has 0 aliphatic rings. The normalized spacial score (nSPS) is 11.8. The van der Waals surface area contributed by atoms with Crippen LogP contribution < -0.4 is 10.6 Å². The van der Waals surface area contributed by atoms with Gasteiger partial charge in [-0.2, -0.15) is 0 Å². The summed E-state index contributed by atoms with van der Waals surface area (Å²) >= 11 is 0. The molecule has 0 aliphatic heterocycles. The molecule has 1 atom stereocenters. The zero-order valence-corrected chi connectivity index (χ0v) is 12.7. The van der Waals surface area contributed by atoms with Crippen LogP contribution in [0.2, 0.25) is 0 Å². The number of amides is 2. The molecule has 0 saturated heterocycles. The van der Waals surface area contributed by atoms with Crippen molar-refractivity contribution in [1.82, 2.24) is 5.32 Å². The second kappa shape index (κ2) is 8.35. The zero-order valence-electron chi connectivity index (χ0n) is 12.7. The number of hydrogen-bond acceptors (Lipinski definition) is 2. The van der Waals surface area contributed by atoms with E-state index in [1.165, 1.54) is 0 Å². The van der Waals surface area contributed by atoms with Crippen molar-refractivity contribution < 1.29 is 23.1 Å². The lowest BCUT2D eigenvalue weighted by Crippen LogP contribution is -2.33. The van der Waals surface area contributed by atoms with Gasteiger partial charge in [0.15, 0.2) is 11.6 Å². The van der Waals surface area contributed by atoms with Crippen molar-refractivity contribution in [3.63, 3.8) is 0 Å². The fraction of sp³-hybridized carbons (Fsp3) is 0.235. The predicted molar refractivity (Wildman–Crippen MR) is 84.0 cm³/mol. The first-order chi connectivity index (χ1) is 11.5. The van der Waals surface area contributed by atoms with Crippen LogP contribution in [-0.4, -0.2) is 17.7 Å². The van der Waals surface area contributed by atoms with Crippen LogP contribution in [0.5, 0.6) is 0 Å². The maximum atomic E-state index is 13.6. The Morgan fingerprint density at radius 1 is 1.04 bits per heavy atom. The smallest absolute Gasteiger partial charge is 0.319 e. The number of anilines is 1. The van der Waals surface area contributed by atoms with Crippen LogP contribution in [-0.2, 0) is 0 Å². The van der Waals surface area contributed by atoms with Crippen LogP contribution in [0, 0.1) is 17.5 Å². The van der Waals surface area contributed by atoms with Gasteiger partial charge in [-0.05, 0) is 18.4 Å². The van der Waals surface area contributed by atoms with Crippen molar-refractivity contribution in [2.75, 3.05) is 11.9 Å². The average molecular weight is 338 g/mol. The molecule has 0 spiro atoms. The third-order valence-corrected chi connectivity index (χ3v) is 3.42. The molecule has 0 heterocycles. The molecule has 2 aromatic rings. The van der Waals surface area contributed by atoms with Crippen LogP contribution in [0.1, 0.15) is 24.4 Å². The Hall–Kier alpha value is -2.54. The molecule has 3 N–H and O–H groups in total. The number of benzene rings is 2. The minimum absolute atomic E-state index is 0.0373. The van der Waals surface area contributed by atoms with E-state index < -0.39 is 35.2 Å². The summed E-state index contributed by atoms with van der Waals surface area (Å²) in [5, 5.41) is 13.8. The Morgan fingerprint density at radius 2 is 1.71 bits per heavy atom. The number of urea groups is 1. The summed E-state index contributed by atoms with van der Waals surface area (Å²) in [6.45, 7) is -0.0373. The second-order valence-corrected chi connectivity index (χ2v) is 5.17. The molecule has 2 rings (SSSR count). The summed E-state index contributed by atoms with van der Waals surface area (Å²) in [5.41, 5.74) is 0.354. The lowest BCUT2D eigenvalue weighted by atomic mass is 10.0. The summed E-state index contributed by atoms with van der Waals surface area (Å²) in [4.78, 5) is 12.0. The molecule has 0 aromatic heterocycles. The van der Waals surface area contributed by atoms with Crippen LogP contribution in [0.25, 0.3) is 0 Å². The summed E-state index contributed by atoms with van der Waals surface area (Å²) in [5.74, 6) is -3.66. The van der Waals surface area contributed by atoms with E-state index in [2.05, 4.69) is 10.6 Å². The van der Waals surface area contributed by atoms with Gasteiger partial charge >= 0.3 is 6.03 Å². The minimum Gasteiger partial charge on any atom is -0.396 e. The summed E-state index contributed by atoms with van der Waals surface area (Å²) < 4.78 is 39.6. The molecule has 24 heavy (non-hydrogen) atoms. The van der Waals surface area contributed by atoms with Crippen LogP contribution in [0.15, 0.2) is 42.5 Å². The van der Waals surface area contributed by atoms with E-state index in [1.54, 1.807) is 24.3 Å². The van der Waals surface area contributed by atoms with Crippen molar-refractivity contribution in [1.29, 1.82) is 0 Å². The van der Waals surface area contributed by atoms with Gasteiger partial charge in [0.2, 0.25) is 0 Å². The molecule has 4 nitrogen and oxygen atoms in total. The van der Waals surface area contributed by atoms with Gasteiger partial charge in [-0.25, -0.2) is 18.0 Å². The number of nitrogens with one attached hydrogen (secondary N) is 2. The van der Waals surface area contributed by atoms with E-state index in [4.69, 9.17) is 5.11 Å². The molecular weight excluding hydrogens is 321 g/mol. The minimum atomic E-state index is -1.33. The molecule has 0 fully saturated rings. The maximum absolute atomic E-state index is 13.6. The topological polar surface area (TPSA) is 61.4 Å². The van der Waals surface area contributed by atoms with E-state index in [1.807, 2.05) is 6.07 Å². The third kappa shape index (κ3) is 4.73. The average Bonchev–Trinajstić information content (AvgIpc) is 2.57. The molecule has 0 radical (unpaired) electrons. The second-order valence-electron chi connectivity index (χ2n) is 5.17. The lowest BCUT2D eigenvalue weighted by molar-refractivity contribution is 0.243. The largest absolute Gasteiger partial charge is 0.396 e. The SMILES string of the molecule is O=C(Nc1cc(F)c(F)cc1F)NC(CCCO)c1ccccc1. The Labute approximate surface area is 137 Å². The van der Waals surface area contributed by atoms with E-state index in [0.717, 1.165) is 5.56 Å². The third-order valence-electron chi connectivity index (χ3n) is 3.42. The fourth-order valence-electron chi connectivity index (χ4n) is 2.24. The lowest BCUT2D eigenvalue weighted by Gasteiger charge is -2.19. The molecule has 0 aliphatic carbocycles. The highest BCUT2D eigenvalue weighted by molar-refractivity contribution is 5.89. The van der Waals surface area contributed by atoms with Gasteiger partial charge in [-0.1, -0.05) is 30.3 Å². The highest BCUT2D eigenvalue weighted by Crippen LogP contribution is 2.20. The van der Waals surface area contributed by atoms with Gasteiger partial charge in [0.25, 0.3) is 0 Å². The van der Waals surface area contributed by atoms with Gasteiger partial charge in [-0.15, -0.1) is 0 Å². The molecular formula is C17H17F3N2O2. The summed E-state index contributed by atoms with van der Waals surface area (Å²) in [6.07, 6.45) is 0.924. The first-order valence-corrected chi connectivity index (χ1v) is 7.39. The summed E-state index contributed by atoms with van der Waals surface area (Å²) in [7, 11) is 0. The van der Waals surface area contributed by atoms with Crippen molar-refractivity contribution in [3.8, 4) is 0 Å². The van der Waals surface area contributed by atoms with E-state index in [-0.39, 0.29) is 6.61 Å². The predicted octanol–water partition coefficient (Wildman–Crippen LogP) is 3.74. The standard InChI is InChI=1S/C17H17F3N2O2/c18-12-9-14(20)16(10-13(12)19)22-17(24)21-15(7-4-8-23)11-5-2-1-3-6-11/h1-3,5-6,9-10,15,23H,4,7-8H2,(H2,21,22,24). The van der Waals surface area contributed by atoms with Gasteiger partial charge in [-0.3, -0.25) is 0 Å². The Bertz CT molecular complexity index is 696. The molecule has 128 valence electrons. The highest BCUT2D eigenvalue weighted by Gasteiger charge is 2.16. The van der Waals surface area contributed by atoms with Crippen molar-refractivity contribution in [3.05, 3.63) is 65.5 Å². The first-order valence-electron chi connectivity index (χ1n) is 7.39. The molecule has 0 bridgehead atoms. The molecule has 2 aromatic carbocycles. The Morgan fingerprint density at radius 3 is 2.38 bits per heavy atom. The van der Waals surface area contributed by atoms with Crippen molar-refractivity contribution in [2.24, 2.45) is 0 Å². The molecule has 2 amide bonds. The Balaban J connectivity index is 2.09. The summed E-state index contributed by atoms with van der Waals surface area (Å²) in [6, 6.07) is 8.81. The van der Waals surface area contributed by atoms with Gasteiger partial charge in [0.05, 0.1) is 11.7 Å². The number of carbonyl (C=O) groups excluding carboxylic acids is 1. The zero-order chi connectivity index (χ0) is 17.5. The van der Waals surface area contributed by atoms with Gasteiger partial charge in [0, 0.05) is 18.7 Å². The fourth-order valence-corrected chi connectivity index (χ4v) is 2.24. The van der Waals surface area contributed by atoms with Gasteiger partial charge in [0.1, 0.15) is 5.82 Å². The maximum Gasteiger partial charge on any atom is 0.319 e. The number of hydrogen-bond donors (Lipinski definition) is 3. The number of aliphatic hydroxyl groups is 1.